The summed E-state index contributed by atoms with van der Waals surface area (Å²) in [6.07, 6.45) is 0.668. The summed E-state index contributed by atoms with van der Waals surface area (Å²) in [5, 5.41) is 6.24. The number of carbonyl (C=O) groups excluding carboxylic acids is 2. The van der Waals surface area contributed by atoms with E-state index in [-0.39, 0.29) is 11.9 Å². The summed E-state index contributed by atoms with van der Waals surface area (Å²) in [5.74, 6) is -0.117. The molecular formula is C14H17BrClN3O2. The highest BCUT2D eigenvalue weighted by Gasteiger charge is 2.28. The predicted molar refractivity (Wildman–Crippen MR) is 85.4 cm³/mol. The first-order chi connectivity index (χ1) is 9.99. The lowest BCUT2D eigenvalue weighted by atomic mass is 10.1. The lowest BCUT2D eigenvalue weighted by Gasteiger charge is -2.32. The Hall–Kier alpha value is -1.27. The lowest BCUT2D eigenvalue weighted by molar-refractivity contribution is -0.126. The zero-order chi connectivity index (χ0) is 15.4. The van der Waals surface area contributed by atoms with E-state index >= 15 is 0 Å². The van der Waals surface area contributed by atoms with Crippen LogP contribution in [0.4, 0.5) is 4.79 Å². The fraction of sp³-hybridized carbons (Fsp3) is 0.429. The van der Waals surface area contributed by atoms with Gasteiger partial charge in [0, 0.05) is 29.1 Å². The van der Waals surface area contributed by atoms with Crippen molar-refractivity contribution in [2.75, 3.05) is 19.6 Å². The number of urea groups is 1. The smallest absolute Gasteiger partial charge is 0.318 e. The number of benzene rings is 1. The first kappa shape index (κ1) is 16.1. The van der Waals surface area contributed by atoms with E-state index in [2.05, 4.69) is 26.6 Å². The van der Waals surface area contributed by atoms with Gasteiger partial charge in [0.05, 0.1) is 0 Å². The van der Waals surface area contributed by atoms with Crippen LogP contribution >= 0.6 is 27.5 Å². The van der Waals surface area contributed by atoms with Gasteiger partial charge < -0.3 is 15.5 Å². The Morgan fingerprint density at radius 1 is 1.57 bits per heavy atom. The lowest BCUT2D eigenvalue weighted by Crippen LogP contribution is -2.58. The van der Waals surface area contributed by atoms with E-state index in [9.17, 15) is 9.59 Å². The van der Waals surface area contributed by atoms with Crippen molar-refractivity contribution in [1.82, 2.24) is 15.5 Å². The molecule has 0 spiro atoms. The highest BCUT2D eigenvalue weighted by Crippen LogP contribution is 2.21. The van der Waals surface area contributed by atoms with Gasteiger partial charge >= 0.3 is 6.03 Å². The number of nitrogens with one attached hydrogen (secondary N) is 2. The molecule has 0 saturated carbocycles. The fourth-order valence-electron chi connectivity index (χ4n) is 2.20. The van der Waals surface area contributed by atoms with Crippen molar-refractivity contribution in [3.05, 3.63) is 33.3 Å². The number of halogens is 2. The average molecular weight is 375 g/mol. The van der Waals surface area contributed by atoms with E-state index in [1.807, 2.05) is 18.2 Å². The third-order valence-corrected chi connectivity index (χ3v) is 4.45. The highest BCUT2D eigenvalue weighted by atomic mass is 79.9. The number of carbonyl (C=O) groups is 2. The number of amides is 3. The summed E-state index contributed by atoms with van der Waals surface area (Å²) in [6.45, 7) is 3.24. The molecule has 114 valence electrons. The standard InChI is InChI=1S/C14H17BrClN3O2/c1-9-13(20)17-6-7-19(9)14(21)18-5-4-10-8-11(16)2-3-12(10)15/h2-3,8-9H,4-7H2,1H3,(H,17,20)(H,18,21). The van der Waals surface area contributed by atoms with Gasteiger partial charge in [-0.3, -0.25) is 4.79 Å². The van der Waals surface area contributed by atoms with Crippen LogP contribution in [-0.2, 0) is 11.2 Å². The second-order valence-corrected chi connectivity index (χ2v) is 6.17. The van der Waals surface area contributed by atoms with Gasteiger partial charge in [-0.1, -0.05) is 27.5 Å². The molecule has 1 unspecified atom stereocenters. The maximum Gasteiger partial charge on any atom is 0.318 e. The molecule has 21 heavy (non-hydrogen) atoms. The first-order valence-corrected chi connectivity index (χ1v) is 7.92. The summed E-state index contributed by atoms with van der Waals surface area (Å²) >= 11 is 9.41. The normalized spacial score (nSPS) is 18.3. The van der Waals surface area contributed by atoms with Crippen molar-refractivity contribution in [2.24, 2.45) is 0 Å². The highest BCUT2D eigenvalue weighted by molar-refractivity contribution is 9.10. The third-order valence-electron chi connectivity index (χ3n) is 3.44. The van der Waals surface area contributed by atoms with Crippen LogP contribution in [0, 0.1) is 0 Å². The van der Waals surface area contributed by atoms with Crippen molar-refractivity contribution >= 4 is 39.5 Å². The van der Waals surface area contributed by atoms with Gasteiger partial charge in [0.25, 0.3) is 0 Å². The molecule has 1 aliphatic heterocycles. The monoisotopic (exact) mass is 373 g/mol. The molecule has 2 rings (SSSR count). The number of hydrogen-bond acceptors (Lipinski definition) is 2. The summed E-state index contributed by atoms with van der Waals surface area (Å²) in [5.41, 5.74) is 1.03. The Kier molecular flexibility index (Phi) is 5.47. The van der Waals surface area contributed by atoms with E-state index in [1.54, 1.807) is 11.8 Å². The van der Waals surface area contributed by atoms with Gasteiger partial charge in [0.15, 0.2) is 0 Å². The van der Waals surface area contributed by atoms with Gasteiger partial charge in [0.1, 0.15) is 6.04 Å². The second-order valence-electron chi connectivity index (χ2n) is 4.88. The van der Waals surface area contributed by atoms with Crippen LogP contribution in [0.2, 0.25) is 5.02 Å². The molecule has 0 aliphatic carbocycles. The number of hydrogen-bond donors (Lipinski definition) is 2. The zero-order valence-corrected chi connectivity index (χ0v) is 14.0. The quantitative estimate of drug-likeness (QED) is 0.852. The minimum Gasteiger partial charge on any atom is -0.353 e. The first-order valence-electron chi connectivity index (χ1n) is 6.75. The average Bonchev–Trinajstić information content (AvgIpc) is 2.45. The molecule has 1 aromatic carbocycles. The number of piperazine rings is 1. The number of nitrogens with zero attached hydrogens (tertiary/aromatic N) is 1. The summed E-state index contributed by atoms with van der Waals surface area (Å²) in [6, 6.07) is 4.92. The van der Waals surface area contributed by atoms with Crippen LogP contribution in [-0.4, -0.2) is 42.5 Å². The van der Waals surface area contributed by atoms with E-state index in [0.717, 1.165) is 10.0 Å². The van der Waals surface area contributed by atoms with E-state index in [1.165, 1.54) is 0 Å². The van der Waals surface area contributed by atoms with Gasteiger partial charge in [-0.25, -0.2) is 4.79 Å². The Morgan fingerprint density at radius 3 is 3.10 bits per heavy atom. The summed E-state index contributed by atoms with van der Waals surface area (Å²) < 4.78 is 0.965. The van der Waals surface area contributed by atoms with Crippen LogP contribution in [0.1, 0.15) is 12.5 Å². The van der Waals surface area contributed by atoms with E-state index < -0.39 is 6.04 Å². The Labute approximate surface area is 137 Å². The Balaban J connectivity index is 1.87. The minimum absolute atomic E-state index is 0.117. The van der Waals surface area contributed by atoms with Crippen LogP contribution in [0.25, 0.3) is 0 Å². The molecule has 5 nitrogen and oxygen atoms in total. The molecule has 1 saturated heterocycles. The molecule has 2 N–H and O–H groups in total. The van der Waals surface area contributed by atoms with Gasteiger partial charge in [0.2, 0.25) is 5.91 Å². The fourth-order valence-corrected chi connectivity index (χ4v) is 2.84. The van der Waals surface area contributed by atoms with Crippen molar-refractivity contribution < 1.29 is 9.59 Å². The van der Waals surface area contributed by atoms with Gasteiger partial charge in [-0.15, -0.1) is 0 Å². The molecule has 7 heteroatoms. The second kappa shape index (κ2) is 7.13. The molecule has 1 aromatic rings. The van der Waals surface area contributed by atoms with Gasteiger partial charge in [-0.05, 0) is 37.1 Å². The topological polar surface area (TPSA) is 61.4 Å². The largest absolute Gasteiger partial charge is 0.353 e. The molecule has 3 amide bonds. The summed E-state index contributed by atoms with van der Waals surface area (Å²) in [7, 11) is 0. The molecule has 0 radical (unpaired) electrons. The van der Waals surface area contributed by atoms with Crippen molar-refractivity contribution in [1.29, 1.82) is 0 Å². The molecule has 1 heterocycles. The van der Waals surface area contributed by atoms with Crippen molar-refractivity contribution in [2.45, 2.75) is 19.4 Å². The Morgan fingerprint density at radius 2 is 2.33 bits per heavy atom. The maximum absolute atomic E-state index is 12.1. The third kappa shape index (κ3) is 4.11. The van der Waals surface area contributed by atoms with Gasteiger partial charge in [-0.2, -0.15) is 0 Å². The van der Waals surface area contributed by atoms with Crippen molar-refractivity contribution in [3.8, 4) is 0 Å². The zero-order valence-electron chi connectivity index (χ0n) is 11.7. The van der Waals surface area contributed by atoms with E-state index in [4.69, 9.17) is 11.6 Å². The van der Waals surface area contributed by atoms with Crippen LogP contribution in [0.3, 0.4) is 0 Å². The molecule has 0 aromatic heterocycles. The molecule has 1 fully saturated rings. The minimum atomic E-state index is -0.434. The molecule has 1 atom stereocenters. The molecule has 0 bridgehead atoms. The molecule has 1 aliphatic rings. The Bertz CT molecular complexity index is 553. The maximum atomic E-state index is 12.1. The SMILES string of the molecule is CC1C(=O)NCCN1C(=O)NCCc1cc(Cl)ccc1Br. The van der Waals surface area contributed by atoms with Crippen LogP contribution in [0.15, 0.2) is 22.7 Å². The van der Waals surface area contributed by atoms with Crippen LogP contribution < -0.4 is 10.6 Å². The van der Waals surface area contributed by atoms with Crippen molar-refractivity contribution in [3.63, 3.8) is 0 Å². The molecular weight excluding hydrogens is 358 g/mol. The number of rotatable bonds is 3. The predicted octanol–water partition coefficient (Wildman–Crippen LogP) is 2.17. The van der Waals surface area contributed by atoms with Crippen LogP contribution in [0.5, 0.6) is 0 Å². The van der Waals surface area contributed by atoms with E-state index in [0.29, 0.717) is 31.1 Å². The summed E-state index contributed by atoms with van der Waals surface area (Å²) in [4.78, 5) is 25.2.